The number of halogens is 1. The Morgan fingerprint density at radius 2 is 2.16 bits per heavy atom. The number of nitrogens with zero attached hydrogens (tertiary/aromatic N) is 1. The van der Waals surface area contributed by atoms with Gasteiger partial charge in [-0.1, -0.05) is 0 Å². The number of anilines is 1. The molecule has 1 fully saturated rings. The SMILES string of the molecule is COc1ccc(F)cc1NCC(C)N1CCNCC1. The molecular weight excluding hydrogens is 245 g/mol. The number of hydrogen-bond donors (Lipinski definition) is 2. The molecule has 0 aliphatic carbocycles. The van der Waals surface area contributed by atoms with Gasteiger partial charge >= 0.3 is 0 Å². The Labute approximate surface area is 113 Å². The van der Waals surface area contributed by atoms with Crippen molar-refractivity contribution in [2.75, 3.05) is 45.2 Å². The van der Waals surface area contributed by atoms with Crippen LogP contribution in [0.1, 0.15) is 6.92 Å². The largest absolute Gasteiger partial charge is 0.495 e. The fraction of sp³-hybridized carbons (Fsp3) is 0.571. The van der Waals surface area contributed by atoms with Gasteiger partial charge < -0.3 is 15.4 Å². The van der Waals surface area contributed by atoms with Gasteiger partial charge in [0.05, 0.1) is 12.8 Å². The van der Waals surface area contributed by atoms with Crippen LogP contribution >= 0.6 is 0 Å². The Kier molecular flexibility index (Phi) is 4.99. The molecule has 1 aromatic carbocycles. The lowest BCUT2D eigenvalue weighted by Gasteiger charge is -2.33. The number of ether oxygens (including phenoxy) is 1. The van der Waals surface area contributed by atoms with E-state index in [0.717, 1.165) is 32.7 Å². The van der Waals surface area contributed by atoms with Gasteiger partial charge in [-0.3, -0.25) is 4.90 Å². The van der Waals surface area contributed by atoms with Crippen LogP contribution in [-0.2, 0) is 0 Å². The summed E-state index contributed by atoms with van der Waals surface area (Å²) in [5.74, 6) is 0.423. The number of nitrogens with one attached hydrogen (secondary N) is 2. The predicted octanol–water partition coefficient (Wildman–Crippen LogP) is 1.54. The molecule has 0 aromatic heterocycles. The summed E-state index contributed by atoms with van der Waals surface area (Å²) in [7, 11) is 1.60. The van der Waals surface area contributed by atoms with Crippen LogP contribution < -0.4 is 15.4 Å². The number of methoxy groups -OCH3 is 1. The van der Waals surface area contributed by atoms with Crippen molar-refractivity contribution in [2.24, 2.45) is 0 Å². The fourth-order valence-electron chi connectivity index (χ4n) is 2.33. The molecule has 1 aliphatic rings. The molecule has 106 valence electrons. The van der Waals surface area contributed by atoms with Crippen LogP contribution in [0.3, 0.4) is 0 Å². The Morgan fingerprint density at radius 1 is 1.42 bits per heavy atom. The van der Waals surface area contributed by atoms with E-state index in [1.54, 1.807) is 13.2 Å². The smallest absolute Gasteiger partial charge is 0.142 e. The Balaban J connectivity index is 1.92. The van der Waals surface area contributed by atoms with Gasteiger partial charge in [0, 0.05) is 44.8 Å². The van der Waals surface area contributed by atoms with Gasteiger partial charge in [-0.05, 0) is 19.1 Å². The van der Waals surface area contributed by atoms with Gasteiger partial charge in [-0.2, -0.15) is 0 Å². The lowest BCUT2D eigenvalue weighted by Crippen LogP contribution is -2.49. The molecule has 0 spiro atoms. The molecule has 1 aromatic rings. The summed E-state index contributed by atoms with van der Waals surface area (Å²) in [5.41, 5.74) is 0.712. The van der Waals surface area contributed by atoms with E-state index < -0.39 is 0 Å². The summed E-state index contributed by atoms with van der Waals surface area (Å²) >= 11 is 0. The summed E-state index contributed by atoms with van der Waals surface area (Å²) in [6.45, 7) is 7.15. The minimum absolute atomic E-state index is 0.252. The molecule has 1 aliphatic heterocycles. The summed E-state index contributed by atoms with van der Waals surface area (Å²) < 4.78 is 18.5. The van der Waals surface area contributed by atoms with E-state index in [9.17, 15) is 4.39 Å². The maximum atomic E-state index is 13.2. The average molecular weight is 267 g/mol. The molecule has 0 amide bonds. The number of piperazine rings is 1. The van der Waals surface area contributed by atoms with Crippen molar-refractivity contribution < 1.29 is 9.13 Å². The van der Waals surface area contributed by atoms with Crippen molar-refractivity contribution in [3.05, 3.63) is 24.0 Å². The van der Waals surface area contributed by atoms with Crippen molar-refractivity contribution in [3.8, 4) is 5.75 Å². The highest BCUT2D eigenvalue weighted by Gasteiger charge is 2.16. The number of hydrogen-bond acceptors (Lipinski definition) is 4. The van der Waals surface area contributed by atoms with Crippen molar-refractivity contribution in [1.29, 1.82) is 0 Å². The van der Waals surface area contributed by atoms with E-state index in [-0.39, 0.29) is 5.82 Å². The van der Waals surface area contributed by atoms with Crippen LogP contribution in [0.15, 0.2) is 18.2 Å². The third-order valence-corrected chi connectivity index (χ3v) is 3.52. The Bertz CT molecular complexity index is 408. The van der Waals surface area contributed by atoms with Crippen LogP contribution in [0, 0.1) is 5.82 Å². The maximum Gasteiger partial charge on any atom is 0.142 e. The highest BCUT2D eigenvalue weighted by molar-refractivity contribution is 5.56. The average Bonchev–Trinajstić information content (AvgIpc) is 2.46. The highest BCUT2D eigenvalue weighted by atomic mass is 19.1. The van der Waals surface area contributed by atoms with Crippen molar-refractivity contribution >= 4 is 5.69 Å². The molecule has 0 saturated carbocycles. The molecule has 5 heteroatoms. The highest BCUT2D eigenvalue weighted by Crippen LogP contribution is 2.24. The van der Waals surface area contributed by atoms with Gasteiger partial charge in [0.2, 0.25) is 0 Å². The quantitative estimate of drug-likeness (QED) is 0.848. The van der Waals surface area contributed by atoms with Crippen LogP contribution in [-0.4, -0.2) is 50.8 Å². The van der Waals surface area contributed by atoms with Gasteiger partial charge in [0.25, 0.3) is 0 Å². The summed E-state index contributed by atoms with van der Waals surface area (Å²) in [5, 5.41) is 6.61. The topological polar surface area (TPSA) is 36.5 Å². The zero-order valence-electron chi connectivity index (χ0n) is 11.6. The van der Waals surface area contributed by atoms with Crippen LogP contribution in [0.4, 0.5) is 10.1 Å². The summed E-state index contributed by atoms with van der Waals surface area (Å²) in [6, 6.07) is 4.94. The molecule has 4 nitrogen and oxygen atoms in total. The van der Waals surface area contributed by atoms with Crippen LogP contribution in [0.5, 0.6) is 5.75 Å². The molecule has 19 heavy (non-hydrogen) atoms. The molecule has 2 N–H and O–H groups in total. The molecule has 1 saturated heterocycles. The summed E-state index contributed by atoms with van der Waals surface area (Å²) in [4.78, 5) is 2.43. The molecule has 1 heterocycles. The molecule has 0 bridgehead atoms. The second-order valence-electron chi connectivity index (χ2n) is 4.86. The van der Waals surface area contributed by atoms with E-state index in [4.69, 9.17) is 4.74 Å². The monoisotopic (exact) mass is 267 g/mol. The number of benzene rings is 1. The second-order valence-corrected chi connectivity index (χ2v) is 4.86. The maximum absolute atomic E-state index is 13.2. The Hall–Kier alpha value is -1.33. The van der Waals surface area contributed by atoms with E-state index in [0.29, 0.717) is 17.5 Å². The van der Waals surface area contributed by atoms with E-state index in [2.05, 4.69) is 22.5 Å². The van der Waals surface area contributed by atoms with Crippen molar-refractivity contribution in [1.82, 2.24) is 10.2 Å². The minimum Gasteiger partial charge on any atom is -0.495 e. The lowest BCUT2D eigenvalue weighted by atomic mass is 10.2. The first-order valence-corrected chi connectivity index (χ1v) is 6.73. The second kappa shape index (κ2) is 6.73. The van der Waals surface area contributed by atoms with Gasteiger partial charge in [0.1, 0.15) is 11.6 Å². The Morgan fingerprint density at radius 3 is 2.84 bits per heavy atom. The molecule has 1 unspecified atom stereocenters. The van der Waals surface area contributed by atoms with E-state index in [1.165, 1.54) is 12.1 Å². The molecule has 0 radical (unpaired) electrons. The van der Waals surface area contributed by atoms with Gasteiger partial charge in [-0.25, -0.2) is 4.39 Å². The summed E-state index contributed by atoms with van der Waals surface area (Å²) in [6.07, 6.45) is 0. The molecular formula is C14H22FN3O. The fourth-order valence-corrected chi connectivity index (χ4v) is 2.33. The van der Waals surface area contributed by atoms with Crippen LogP contribution in [0.2, 0.25) is 0 Å². The van der Waals surface area contributed by atoms with Crippen molar-refractivity contribution in [2.45, 2.75) is 13.0 Å². The predicted molar refractivity (Wildman–Crippen MR) is 75.3 cm³/mol. The first-order valence-electron chi connectivity index (χ1n) is 6.73. The standard InChI is InChI=1S/C14H22FN3O/c1-11(18-7-5-16-6-8-18)10-17-13-9-12(15)3-4-14(13)19-2/h3-4,9,11,16-17H,5-8,10H2,1-2H3. The first kappa shape index (κ1) is 14.1. The van der Waals surface area contributed by atoms with Gasteiger partial charge in [-0.15, -0.1) is 0 Å². The zero-order chi connectivity index (χ0) is 13.7. The van der Waals surface area contributed by atoms with Crippen LogP contribution in [0.25, 0.3) is 0 Å². The van der Waals surface area contributed by atoms with E-state index in [1.807, 2.05) is 0 Å². The van der Waals surface area contributed by atoms with Crippen molar-refractivity contribution in [3.63, 3.8) is 0 Å². The van der Waals surface area contributed by atoms with Gasteiger partial charge in [0.15, 0.2) is 0 Å². The third kappa shape index (κ3) is 3.81. The zero-order valence-corrected chi connectivity index (χ0v) is 11.6. The first-order chi connectivity index (χ1) is 9.20. The minimum atomic E-state index is -0.252. The number of rotatable bonds is 5. The normalized spacial score (nSPS) is 18.1. The van der Waals surface area contributed by atoms with E-state index >= 15 is 0 Å². The molecule has 2 rings (SSSR count). The third-order valence-electron chi connectivity index (χ3n) is 3.52. The molecule has 1 atom stereocenters. The lowest BCUT2D eigenvalue weighted by molar-refractivity contribution is 0.191.